The Morgan fingerprint density at radius 2 is 1.93 bits per heavy atom. The minimum absolute atomic E-state index is 0.250. The minimum atomic E-state index is -0.299. The van der Waals surface area contributed by atoms with E-state index < -0.39 is 0 Å². The second-order valence-corrected chi connectivity index (χ2v) is 5.95. The molecule has 0 unspecified atom stereocenters. The van der Waals surface area contributed by atoms with Crippen LogP contribution in [-0.4, -0.2) is 64.9 Å². The topological polar surface area (TPSA) is 101 Å². The van der Waals surface area contributed by atoms with Crippen LogP contribution < -0.4 is 10.2 Å². The first kappa shape index (κ1) is 18.6. The number of hydrogen-bond donors (Lipinski definition) is 1. The number of rotatable bonds is 5. The van der Waals surface area contributed by atoms with Gasteiger partial charge in [-0.25, -0.2) is 4.79 Å². The van der Waals surface area contributed by atoms with Gasteiger partial charge in [0.15, 0.2) is 11.5 Å². The van der Waals surface area contributed by atoms with Crippen LogP contribution in [0.25, 0.3) is 0 Å². The van der Waals surface area contributed by atoms with E-state index in [4.69, 9.17) is 4.74 Å². The van der Waals surface area contributed by atoms with Crippen LogP contribution in [0, 0.1) is 0 Å². The molecule has 1 aliphatic rings. The molecule has 27 heavy (non-hydrogen) atoms. The van der Waals surface area contributed by atoms with Crippen LogP contribution in [-0.2, 0) is 11.3 Å². The Morgan fingerprint density at radius 3 is 2.56 bits per heavy atom. The van der Waals surface area contributed by atoms with Crippen molar-refractivity contribution in [1.82, 2.24) is 25.4 Å². The van der Waals surface area contributed by atoms with Gasteiger partial charge in [-0.1, -0.05) is 6.07 Å². The van der Waals surface area contributed by atoms with Crippen LogP contribution in [0.2, 0.25) is 0 Å². The lowest BCUT2D eigenvalue weighted by atomic mass is 10.3. The number of anilines is 1. The zero-order chi connectivity index (χ0) is 19.1. The van der Waals surface area contributed by atoms with E-state index in [1.165, 1.54) is 0 Å². The van der Waals surface area contributed by atoms with Crippen molar-refractivity contribution in [3.05, 3.63) is 47.9 Å². The maximum Gasteiger partial charge on any atom is 0.409 e. The Bertz CT molecular complexity index is 760. The van der Waals surface area contributed by atoms with Gasteiger partial charge in [0.05, 0.1) is 18.8 Å². The molecule has 9 nitrogen and oxygen atoms in total. The smallest absolute Gasteiger partial charge is 0.409 e. The van der Waals surface area contributed by atoms with Crippen molar-refractivity contribution in [3.8, 4) is 0 Å². The number of amides is 2. The van der Waals surface area contributed by atoms with E-state index in [0.29, 0.717) is 45.1 Å². The van der Waals surface area contributed by atoms with E-state index in [1.54, 1.807) is 30.2 Å². The Labute approximate surface area is 157 Å². The van der Waals surface area contributed by atoms with Gasteiger partial charge >= 0.3 is 6.09 Å². The summed E-state index contributed by atoms with van der Waals surface area (Å²) in [6.45, 7) is 4.89. The van der Waals surface area contributed by atoms with E-state index in [9.17, 15) is 9.59 Å². The van der Waals surface area contributed by atoms with Crippen LogP contribution in [0.1, 0.15) is 23.1 Å². The number of carbonyl (C=O) groups is 2. The van der Waals surface area contributed by atoms with Crippen LogP contribution in [0.5, 0.6) is 0 Å². The minimum Gasteiger partial charge on any atom is -0.450 e. The standard InChI is InChI=1S/C18H22N6O3/c1-2-27-18(26)24-11-9-23(10-12-24)16-7-6-15(21-22-16)17(25)20-13-14-5-3-4-8-19-14/h3-8H,2,9-13H2,1H3,(H,20,25). The van der Waals surface area contributed by atoms with Crippen molar-refractivity contribution in [2.75, 3.05) is 37.7 Å². The van der Waals surface area contributed by atoms with Gasteiger partial charge in [0.2, 0.25) is 0 Å². The average molecular weight is 370 g/mol. The van der Waals surface area contributed by atoms with Gasteiger partial charge in [0, 0.05) is 32.4 Å². The predicted molar refractivity (Wildman–Crippen MR) is 98.2 cm³/mol. The summed E-state index contributed by atoms with van der Waals surface area (Å²) in [4.78, 5) is 31.8. The molecule has 1 saturated heterocycles. The molecular weight excluding hydrogens is 348 g/mol. The molecule has 3 heterocycles. The summed E-state index contributed by atoms with van der Waals surface area (Å²) in [6, 6.07) is 8.94. The molecule has 0 atom stereocenters. The van der Waals surface area contributed by atoms with Crippen molar-refractivity contribution in [1.29, 1.82) is 0 Å². The third kappa shape index (κ3) is 4.90. The lowest BCUT2D eigenvalue weighted by Crippen LogP contribution is -2.49. The Kier molecular flexibility index (Phi) is 6.14. The summed E-state index contributed by atoms with van der Waals surface area (Å²) in [5.41, 5.74) is 1.02. The molecule has 0 aliphatic carbocycles. The first-order chi connectivity index (χ1) is 13.2. The van der Waals surface area contributed by atoms with Gasteiger partial charge in [-0.2, -0.15) is 0 Å². The Hall–Kier alpha value is -3.23. The van der Waals surface area contributed by atoms with Gasteiger partial charge in [-0.15, -0.1) is 10.2 Å². The zero-order valence-electron chi connectivity index (χ0n) is 15.2. The molecule has 142 valence electrons. The molecule has 3 rings (SSSR count). The van der Waals surface area contributed by atoms with E-state index >= 15 is 0 Å². The number of aromatic nitrogens is 3. The van der Waals surface area contributed by atoms with Crippen molar-refractivity contribution in [2.24, 2.45) is 0 Å². The largest absolute Gasteiger partial charge is 0.450 e. The molecule has 1 aliphatic heterocycles. The Balaban J connectivity index is 1.51. The lowest BCUT2D eigenvalue weighted by Gasteiger charge is -2.34. The number of nitrogens with zero attached hydrogens (tertiary/aromatic N) is 5. The fraction of sp³-hybridized carbons (Fsp3) is 0.389. The highest BCUT2D eigenvalue weighted by Gasteiger charge is 2.23. The van der Waals surface area contributed by atoms with Crippen LogP contribution in [0.4, 0.5) is 10.6 Å². The molecule has 0 aromatic carbocycles. The molecule has 2 aromatic heterocycles. The second-order valence-electron chi connectivity index (χ2n) is 5.95. The van der Waals surface area contributed by atoms with Gasteiger partial charge in [-0.3, -0.25) is 9.78 Å². The highest BCUT2D eigenvalue weighted by molar-refractivity contribution is 5.92. The van der Waals surface area contributed by atoms with E-state index in [0.717, 1.165) is 5.69 Å². The van der Waals surface area contributed by atoms with E-state index in [-0.39, 0.29) is 17.7 Å². The normalized spacial score (nSPS) is 14.0. The third-order valence-corrected chi connectivity index (χ3v) is 4.17. The molecule has 0 bridgehead atoms. The summed E-state index contributed by atoms with van der Waals surface area (Å²) in [6.07, 6.45) is 1.39. The van der Waals surface area contributed by atoms with Crippen molar-refractivity contribution in [2.45, 2.75) is 13.5 Å². The fourth-order valence-electron chi connectivity index (χ4n) is 2.71. The van der Waals surface area contributed by atoms with Crippen LogP contribution in [0.3, 0.4) is 0 Å². The first-order valence-corrected chi connectivity index (χ1v) is 8.86. The monoisotopic (exact) mass is 370 g/mol. The van der Waals surface area contributed by atoms with Crippen molar-refractivity contribution >= 4 is 17.8 Å². The molecule has 0 spiro atoms. The molecular formula is C18H22N6O3. The van der Waals surface area contributed by atoms with Gasteiger partial charge in [0.25, 0.3) is 5.91 Å². The fourth-order valence-corrected chi connectivity index (χ4v) is 2.71. The highest BCUT2D eigenvalue weighted by atomic mass is 16.6. The van der Waals surface area contributed by atoms with Gasteiger partial charge in [-0.05, 0) is 31.2 Å². The molecule has 2 aromatic rings. The molecule has 0 saturated carbocycles. The summed E-state index contributed by atoms with van der Waals surface area (Å²) in [7, 11) is 0. The van der Waals surface area contributed by atoms with Crippen molar-refractivity contribution in [3.63, 3.8) is 0 Å². The molecule has 0 radical (unpaired) electrons. The van der Waals surface area contributed by atoms with E-state index in [1.807, 2.05) is 23.1 Å². The maximum atomic E-state index is 12.2. The molecule has 9 heteroatoms. The number of ether oxygens (including phenoxy) is 1. The quantitative estimate of drug-likeness (QED) is 0.840. The van der Waals surface area contributed by atoms with Gasteiger partial charge < -0.3 is 19.9 Å². The summed E-state index contributed by atoms with van der Waals surface area (Å²) in [5.74, 6) is 0.381. The zero-order valence-corrected chi connectivity index (χ0v) is 15.2. The van der Waals surface area contributed by atoms with Crippen LogP contribution in [0.15, 0.2) is 36.5 Å². The van der Waals surface area contributed by atoms with Gasteiger partial charge in [0.1, 0.15) is 0 Å². The SMILES string of the molecule is CCOC(=O)N1CCN(c2ccc(C(=O)NCc3ccccn3)nn2)CC1. The number of piperazine rings is 1. The van der Waals surface area contributed by atoms with Crippen molar-refractivity contribution < 1.29 is 14.3 Å². The third-order valence-electron chi connectivity index (χ3n) is 4.17. The number of carbonyl (C=O) groups excluding carboxylic acids is 2. The summed E-state index contributed by atoms with van der Waals surface area (Å²) in [5, 5.41) is 10.9. The highest BCUT2D eigenvalue weighted by Crippen LogP contribution is 2.13. The Morgan fingerprint density at radius 1 is 1.11 bits per heavy atom. The number of pyridine rings is 1. The molecule has 2 amide bonds. The average Bonchev–Trinajstić information content (AvgIpc) is 2.73. The number of hydrogen-bond acceptors (Lipinski definition) is 7. The maximum absolute atomic E-state index is 12.2. The first-order valence-electron chi connectivity index (χ1n) is 8.86. The second kappa shape index (κ2) is 8.93. The summed E-state index contributed by atoms with van der Waals surface area (Å²) >= 11 is 0. The number of nitrogens with one attached hydrogen (secondary N) is 1. The summed E-state index contributed by atoms with van der Waals surface area (Å²) < 4.78 is 5.01. The molecule has 1 fully saturated rings. The molecule has 1 N–H and O–H groups in total. The van der Waals surface area contributed by atoms with Crippen LogP contribution >= 0.6 is 0 Å². The lowest BCUT2D eigenvalue weighted by molar-refractivity contribution is 0.0943. The van der Waals surface area contributed by atoms with E-state index in [2.05, 4.69) is 20.5 Å². The predicted octanol–water partition coefficient (Wildman–Crippen LogP) is 1.08.